The Morgan fingerprint density at radius 3 is 2.89 bits per heavy atom. The van der Waals surface area contributed by atoms with E-state index in [4.69, 9.17) is 21.5 Å². The molecule has 0 fully saturated rings. The number of aliphatic hydroxyl groups excluding tert-OH is 1. The van der Waals surface area contributed by atoms with Crippen molar-refractivity contribution in [3.8, 4) is 0 Å². The molecule has 0 radical (unpaired) electrons. The van der Waals surface area contributed by atoms with Crippen molar-refractivity contribution < 1.29 is 19.1 Å². The van der Waals surface area contributed by atoms with E-state index in [1.807, 2.05) is 0 Å². The fourth-order valence-electron chi connectivity index (χ4n) is 2.82. The van der Waals surface area contributed by atoms with Crippen LogP contribution in [0.25, 0.3) is 10.9 Å². The molecule has 2 heterocycles. The number of rotatable bonds is 6. The highest BCUT2D eigenvalue weighted by molar-refractivity contribution is 6.35. The molecule has 0 aliphatic heterocycles. The summed E-state index contributed by atoms with van der Waals surface area (Å²) in [6.45, 7) is 1.48. The highest BCUT2D eigenvalue weighted by Crippen LogP contribution is 2.36. The smallest absolute Gasteiger partial charge is 0.293 e. The van der Waals surface area contributed by atoms with Crippen LogP contribution in [0, 0.1) is 12.7 Å². The second-order valence-corrected chi connectivity index (χ2v) is 6.32. The van der Waals surface area contributed by atoms with Crippen molar-refractivity contribution in [1.29, 1.82) is 0 Å². The number of halogens is 2. The van der Waals surface area contributed by atoms with Gasteiger partial charge in [0.25, 0.3) is 5.91 Å². The average molecular weight is 393 g/mol. The molecule has 0 saturated carbocycles. The summed E-state index contributed by atoms with van der Waals surface area (Å²) >= 11 is 6.25. The first-order valence-electron chi connectivity index (χ1n) is 8.12. The lowest BCUT2D eigenvalue weighted by Crippen LogP contribution is -2.27. The minimum Gasteiger partial charge on any atom is -0.394 e. The molecule has 7 nitrogen and oxygen atoms in total. The number of amides is 1. The molecule has 0 bridgehead atoms. The van der Waals surface area contributed by atoms with Gasteiger partial charge in [-0.25, -0.2) is 9.87 Å². The molecule has 142 valence electrons. The minimum atomic E-state index is -0.576. The van der Waals surface area contributed by atoms with Crippen LogP contribution in [-0.2, 0) is 11.9 Å². The Morgan fingerprint density at radius 1 is 1.41 bits per heavy atom. The van der Waals surface area contributed by atoms with Gasteiger partial charge in [0.05, 0.1) is 35.1 Å². The maximum Gasteiger partial charge on any atom is 0.293 e. The van der Waals surface area contributed by atoms with Crippen molar-refractivity contribution in [3.05, 3.63) is 52.7 Å². The van der Waals surface area contributed by atoms with Crippen molar-refractivity contribution in [1.82, 2.24) is 15.0 Å². The predicted molar refractivity (Wildman–Crippen MR) is 101 cm³/mol. The van der Waals surface area contributed by atoms with Crippen molar-refractivity contribution in [2.24, 2.45) is 7.05 Å². The molecule has 0 unspecified atom stereocenters. The Hall–Kier alpha value is -2.68. The van der Waals surface area contributed by atoms with Crippen molar-refractivity contribution in [2.75, 3.05) is 18.5 Å². The molecule has 3 aromatic rings. The highest BCUT2D eigenvalue weighted by atomic mass is 35.5. The van der Waals surface area contributed by atoms with Crippen LogP contribution in [0.15, 0.2) is 30.6 Å². The first kappa shape index (κ1) is 19.1. The van der Waals surface area contributed by atoms with Gasteiger partial charge < -0.3 is 15.0 Å². The second kappa shape index (κ2) is 7.91. The Balaban J connectivity index is 2.12. The van der Waals surface area contributed by atoms with Gasteiger partial charge in [-0.15, -0.1) is 0 Å². The molecular formula is C18H18ClFN4O3. The molecule has 2 aromatic heterocycles. The van der Waals surface area contributed by atoms with E-state index in [1.165, 1.54) is 12.3 Å². The number of carbonyl (C=O) groups is 1. The lowest BCUT2D eigenvalue weighted by molar-refractivity contribution is 0.0163. The van der Waals surface area contributed by atoms with E-state index < -0.39 is 11.7 Å². The largest absolute Gasteiger partial charge is 0.394 e. The number of hydroxylamine groups is 1. The number of carbonyl (C=O) groups excluding carboxylic acids is 1. The number of fused-ring (bicyclic) bond motifs is 1. The summed E-state index contributed by atoms with van der Waals surface area (Å²) in [6, 6.07) is 4.74. The van der Waals surface area contributed by atoms with Crippen LogP contribution in [-0.4, -0.2) is 33.8 Å². The number of pyridine rings is 1. The van der Waals surface area contributed by atoms with Crippen LogP contribution in [0.1, 0.15) is 16.1 Å². The van der Waals surface area contributed by atoms with E-state index in [9.17, 15) is 9.18 Å². The number of anilines is 2. The quantitative estimate of drug-likeness (QED) is 0.443. The van der Waals surface area contributed by atoms with E-state index in [2.05, 4.69) is 15.8 Å². The lowest BCUT2D eigenvalue weighted by Gasteiger charge is -2.11. The summed E-state index contributed by atoms with van der Waals surface area (Å²) in [5.41, 5.74) is 4.32. The number of aryl methyl sites for hydroxylation is 2. The Morgan fingerprint density at radius 2 is 2.19 bits per heavy atom. The number of aromatic nitrogens is 2. The molecular weight excluding hydrogens is 375 g/mol. The molecule has 27 heavy (non-hydrogen) atoms. The fourth-order valence-corrected chi connectivity index (χ4v) is 3.10. The second-order valence-electron chi connectivity index (χ2n) is 5.91. The third-order valence-electron chi connectivity index (χ3n) is 4.01. The molecule has 3 rings (SSSR count). The average Bonchev–Trinajstić information content (AvgIpc) is 2.91. The van der Waals surface area contributed by atoms with Gasteiger partial charge in [0, 0.05) is 24.8 Å². The predicted octanol–water partition coefficient (Wildman–Crippen LogP) is 3.07. The molecule has 9 heteroatoms. The third-order valence-corrected chi connectivity index (χ3v) is 4.28. The van der Waals surface area contributed by atoms with Crippen LogP contribution >= 0.6 is 11.6 Å². The van der Waals surface area contributed by atoms with Gasteiger partial charge in [-0.3, -0.25) is 14.6 Å². The molecule has 0 atom stereocenters. The van der Waals surface area contributed by atoms with Gasteiger partial charge in [0.1, 0.15) is 11.5 Å². The zero-order valence-corrected chi connectivity index (χ0v) is 15.5. The summed E-state index contributed by atoms with van der Waals surface area (Å²) < 4.78 is 15.9. The zero-order chi connectivity index (χ0) is 19.6. The van der Waals surface area contributed by atoms with Gasteiger partial charge in [-0.05, 0) is 24.6 Å². The lowest BCUT2D eigenvalue weighted by atomic mass is 10.2. The summed E-state index contributed by atoms with van der Waals surface area (Å²) in [5, 5.41) is 12.7. The van der Waals surface area contributed by atoms with Gasteiger partial charge in [0.15, 0.2) is 0 Å². The molecule has 1 aromatic carbocycles. The molecule has 1 amide bonds. The normalized spacial score (nSPS) is 11.0. The van der Waals surface area contributed by atoms with Crippen LogP contribution < -0.4 is 10.8 Å². The molecule has 0 aliphatic carbocycles. The van der Waals surface area contributed by atoms with Crippen LogP contribution in [0.3, 0.4) is 0 Å². The Labute approximate surface area is 159 Å². The first-order chi connectivity index (χ1) is 12.9. The monoisotopic (exact) mass is 392 g/mol. The van der Waals surface area contributed by atoms with E-state index in [-0.39, 0.29) is 24.6 Å². The van der Waals surface area contributed by atoms with Crippen LogP contribution in [0.4, 0.5) is 15.8 Å². The fraction of sp³-hybridized carbons (Fsp3) is 0.222. The maximum atomic E-state index is 14.3. The first-order valence-corrected chi connectivity index (χ1v) is 8.50. The van der Waals surface area contributed by atoms with Crippen LogP contribution in [0.5, 0.6) is 0 Å². The highest BCUT2D eigenvalue weighted by Gasteiger charge is 2.24. The minimum absolute atomic E-state index is 0.0622. The zero-order valence-electron chi connectivity index (χ0n) is 14.7. The van der Waals surface area contributed by atoms with E-state index >= 15 is 0 Å². The van der Waals surface area contributed by atoms with Gasteiger partial charge in [-0.1, -0.05) is 17.7 Å². The van der Waals surface area contributed by atoms with Crippen molar-refractivity contribution in [3.63, 3.8) is 0 Å². The van der Waals surface area contributed by atoms with E-state index in [1.54, 1.807) is 36.9 Å². The topological polar surface area (TPSA) is 88.4 Å². The van der Waals surface area contributed by atoms with Crippen LogP contribution in [0.2, 0.25) is 5.02 Å². The third kappa shape index (κ3) is 3.73. The van der Waals surface area contributed by atoms with Gasteiger partial charge >= 0.3 is 0 Å². The number of nitrogens with one attached hydrogen (secondary N) is 2. The molecule has 0 spiro atoms. The number of hydrogen-bond acceptors (Lipinski definition) is 5. The number of benzene rings is 1. The molecule has 3 N–H and O–H groups in total. The Bertz CT molecular complexity index is 1010. The van der Waals surface area contributed by atoms with Crippen molar-refractivity contribution >= 4 is 39.8 Å². The molecule has 0 saturated heterocycles. The summed E-state index contributed by atoms with van der Waals surface area (Å²) in [7, 11) is 1.66. The Kier molecular flexibility index (Phi) is 5.59. The van der Waals surface area contributed by atoms with E-state index in [0.717, 1.165) is 5.56 Å². The standard InChI is InChI=1S/C18H18ClFN4O3/c1-10-3-4-14(13(20)7-10)22-15-11-8-21-9-12(19)16(11)24(2)17(15)18(26)23-27-6-5-25/h3-4,7-9,22,25H,5-6H2,1-2H3,(H,23,26). The van der Waals surface area contributed by atoms with E-state index in [0.29, 0.717) is 21.6 Å². The summed E-state index contributed by atoms with van der Waals surface area (Å²) in [4.78, 5) is 21.6. The molecule has 0 aliphatic rings. The number of hydrogen-bond donors (Lipinski definition) is 3. The SMILES string of the molecule is Cc1ccc(Nc2c(C(=O)NOCCO)n(C)c3c(Cl)cncc23)c(F)c1. The summed E-state index contributed by atoms with van der Waals surface area (Å²) in [6.07, 6.45) is 3.01. The summed E-state index contributed by atoms with van der Waals surface area (Å²) in [5.74, 6) is -1.03. The van der Waals surface area contributed by atoms with Gasteiger partial charge in [0.2, 0.25) is 0 Å². The van der Waals surface area contributed by atoms with Gasteiger partial charge in [-0.2, -0.15) is 0 Å². The number of nitrogens with zero attached hydrogens (tertiary/aromatic N) is 2. The van der Waals surface area contributed by atoms with Crippen molar-refractivity contribution in [2.45, 2.75) is 6.92 Å². The number of aliphatic hydroxyl groups is 1. The maximum absolute atomic E-state index is 14.3.